The Balaban J connectivity index is 2.54. The van der Waals surface area contributed by atoms with Gasteiger partial charge < -0.3 is 9.88 Å². The second-order valence-corrected chi connectivity index (χ2v) is 5.70. The van der Waals surface area contributed by atoms with Crippen molar-refractivity contribution in [2.24, 2.45) is 5.92 Å². The zero-order chi connectivity index (χ0) is 15.1. The Morgan fingerprint density at radius 2 is 1.90 bits per heavy atom. The Morgan fingerprint density at radius 3 is 2.50 bits per heavy atom. The van der Waals surface area contributed by atoms with E-state index in [-0.39, 0.29) is 11.2 Å². The highest BCUT2D eigenvalue weighted by Gasteiger charge is 2.06. The maximum atomic E-state index is 12.0. The molecule has 1 aromatic heterocycles. The molecule has 0 amide bonds. The summed E-state index contributed by atoms with van der Waals surface area (Å²) < 4.78 is 2.84. The quantitative estimate of drug-likeness (QED) is 0.784. The van der Waals surface area contributed by atoms with Crippen LogP contribution in [0.5, 0.6) is 0 Å². The van der Waals surface area contributed by atoms with E-state index < -0.39 is 0 Å². The molecule has 0 saturated carbocycles. The second kappa shape index (κ2) is 8.04. The van der Waals surface area contributed by atoms with E-state index in [1.54, 1.807) is 10.8 Å². The molecule has 0 aromatic carbocycles. The number of hydrogen-bond donors (Lipinski definition) is 1. The summed E-state index contributed by atoms with van der Waals surface area (Å²) in [4.78, 5) is 23.7. The molecular formula is C15H27N3O2. The van der Waals surface area contributed by atoms with Crippen molar-refractivity contribution >= 4 is 0 Å². The molecule has 0 aliphatic carbocycles. The Kier molecular flexibility index (Phi) is 6.71. The molecule has 1 N–H and O–H groups in total. The van der Waals surface area contributed by atoms with Crippen LogP contribution in [0.4, 0.5) is 0 Å². The van der Waals surface area contributed by atoms with Gasteiger partial charge in [0.15, 0.2) is 0 Å². The number of aryl methyl sites for hydroxylation is 1. The summed E-state index contributed by atoms with van der Waals surface area (Å²) >= 11 is 0. The molecule has 20 heavy (non-hydrogen) atoms. The van der Waals surface area contributed by atoms with Crippen LogP contribution in [0.3, 0.4) is 0 Å². The molecule has 1 rings (SSSR count). The van der Waals surface area contributed by atoms with Crippen molar-refractivity contribution in [3.8, 4) is 0 Å². The van der Waals surface area contributed by atoms with E-state index in [0.29, 0.717) is 31.6 Å². The SMILES string of the molecule is CCn1ccc(=O)n(CCNC(C)CCC(C)C)c1=O. The van der Waals surface area contributed by atoms with Gasteiger partial charge in [0.2, 0.25) is 0 Å². The molecule has 1 heterocycles. The van der Waals surface area contributed by atoms with Gasteiger partial charge in [0.05, 0.1) is 0 Å². The highest BCUT2D eigenvalue weighted by Crippen LogP contribution is 2.05. The van der Waals surface area contributed by atoms with Crippen molar-refractivity contribution in [3.63, 3.8) is 0 Å². The molecule has 5 heteroatoms. The number of aromatic nitrogens is 2. The van der Waals surface area contributed by atoms with Crippen molar-refractivity contribution in [2.75, 3.05) is 6.54 Å². The number of nitrogens with one attached hydrogen (secondary N) is 1. The Hall–Kier alpha value is -1.36. The van der Waals surface area contributed by atoms with Crippen LogP contribution in [-0.4, -0.2) is 21.7 Å². The van der Waals surface area contributed by atoms with Crippen LogP contribution >= 0.6 is 0 Å². The van der Waals surface area contributed by atoms with Crippen LogP contribution < -0.4 is 16.6 Å². The first kappa shape index (κ1) is 16.7. The molecule has 5 nitrogen and oxygen atoms in total. The Morgan fingerprint density at radius 1 is 1.20 bits per heavy atom. The monoisotopic (exact) mass is 281 g/mol. The van der Waals surface area contributed by atoms with E-state index >= 15 is 0 Å². The highest BCUT2D eigenvalue weighted by atomic mass is 16.2. The Labute approximate surface area is 120 Å². The first-order chi connectivity index (χ1) is 9.45. The van der Waals surface area contributed by atoms with Gasteiger partial charge in [0.25, 0.3) is 5.56 Å². The summed E-state index contributed by atoms with van der Waals surface area (Å²) in [6, 6.07) is 1.86. The zero-order valence-corrected chi connectivity index (χ0v) is 13.1. The van der Waals surface area contributed by atoms with Gasteiger partial charge in [-0.25, -0.2) is 4.79 Å². The van der Waals surface area contributed by atoms with Gasteiger partial charge in [-0.15, -0.1) is 0 Å². The predicted octanol–water partition coefficient (Wildman–Crippen LogP) is 1.44. The molecule has 0 fully saturated rings. The Bertz CT molecular complexity index is 517. The average Bonchev–Trinajstić information content (AvgIpc) is 2.40. The maximum Gasteiger partial charge on any atom is 0.330 e. The standard InChI is InChI=1S/C15H27N3O2/c1-5-17-10-8-14(19)18(15(17)20)11-9-16-13(4)7-6-12(2)3/h8,10,12-13,16H,5-7,9,11H2,1-4H3. The van der Waals surface area contributed by atoms with E-state index in [4.69, 9.17) is 0 Å². The third-order valence-corrected chi connectivity index (χ3v) is 3.49. The van der Waals surface area contributed by atoms with Crippen LogP contribution in [0.25, 0.3) is 0 Å². The van der Waals surface area contributed by atoms with Crippen molar-refractivity contribution in [3.05, 3.63) is 33.1 Å². The summed E-state index contributed by atoms with van der Waals surface area (Å²) in [7, 11) is 0. The van der Waals surface area contributed by atoms with Gasteiger partial charge in [-0.2, -0.15) is 0 Å². The fourth-order valence-corrected chi connectivity index (χ4v) is 2.11. The van der Waals surface area contributed by atoms with Crippen molar-refractivity contribution in [2.45, 2.75) is 59.7 Å². The van der Waals surface area contributed by atoms with Crippen molar-refractivity contribution in [1.29, 1.82) is 0 Å². The summed E-state index contributed by atoms with van der Waals surface area (Å²) in [6.07, 6.45) is 3.85. The van der Waals surface area contributed by atoms with Crippen LogP contribution in [-0.2, 0) is 13.1 Å². The molecule has 0 aliphatic rings. The lowest BCUT2D eigenvalue weighted by atomic mass is 10.0. The van der Waals surface area contributed by atoms with Crippen LogP contribution in [0, 0.1) is 5.92 Å². The molecule has 0 saturated heterocycles. The predicted molar refractivity (Wildman–Crippen MR) is 82.2 cm³/mol. The van der Waals surface area contributed by atoms with Gasteiger partial charge in [-0.05, 0) is 32.6 Å². The van der Waals surface area contributed by atoms with Crippen molar-refractivity contribution < 1.29 is 0 Å². The van der Waals surface area contributed by atoms with Gasteiger partial charge in [-0.1, -0.05) is 13.8 Å². The fraction of sp³-hybridized carbons (Fsp3) is 0.733. The molecule has 0 bridgehead atoms. The topological polar surface area (TPSA) is 56.0 Å². The molecule has 1 aromatic rings. The van der Waals surface area contributed by atoms with Crippen LogP contribution in [0.2, 0.25) is 0 Å². The van der Waals surface area contributed by atoms with E-state index in [9.17, 15) is 9.59 Å². The minimum atomic E-state index is -0.226. The van der Waals surface area contributed by atoms with E-state index in [2.05, 4.69) is 26.1 Å². The van der Waals surface area contributed by atoms with E-state index in [1.165, 1.54) is 17.1 Å². The summed E-state index contributed by atoms with van der Waals surface area (Å²) in [6.45, 7) is 10.1. The molecule has 1 atom stereocenters. The van der Waals surface area contributed by atoms with Crippen LogP contribution in [0.1, 0.15) is 40.5 Å². The molecule has 1 unspecified atom stereocenters. The molecule has 0 aliphatic heterocycles. The maximum absolute atomic E-state index is 12.0. The van der Waals surface area contributed by atoms with Gasteiger partial charge in [0, 0.05) is 37.9 Å². The molecule has 0 radical (unpaired) electrons. The largest absolute Gasteiger partial charge is 0.330 e. The van der Waals surface area contributed by atoms with Crippen molar-refractivity contribution in [1.82, 2.24) is 14.5 Å². The second-order valence-electron chi connectivity index (χ2n) is 5.70. The number of hydrogen-bond acceptors (Lipinski definition) is 3. The first-order valence-electron chi connectivity index (χ1n) is 7.49. The number of nitrogens with zero attached hydrogens (tertiary/aromatic N) is 2. The third kappa shape index (κ3) is 4.96. The fourth-order valence-electron chi connectivity index (χ4n) is 2.11. The summed E-state index contributed by atoms with van der Waals surface area (Å²) in [5, 5.41) is 3.37. The minimum Gasteiger partial charge on any atom is -0.312 e. The lowest BCUT2D eigenvalue weighted by Gasteiger charge is -2.15. The minimum absolute atomic E-state index is 0.225. The van der Waals surface area contributed by atoms with E-state index in [0.717, 1.165) is 6.42 Å². The third-order valence-electron chi connectivity index (χ3n) is 3.49. The number of rotatable bonds is 8. The molecule has 0 spiro atoms. The highest BCUT2D eigenvalue weighted by molar-refractivity contribution is 4.86. The summed E-state index contributed by atoms with van der Waals surface area (Å²) in [5.74, 6) is 0.702. The van der Waals surface area contributed by atoms with E-state index in [1.807, 2.05) is 6.92 Å². The van der Waals surface area contributed by atoms with Gasteiger partial charge in [0.1, 0.15) is 0 Å². The normalized spacial score (nSPS) is 12.8. The zero-order valence-electron chi connectivity index (χ0n) is 13.1. The lowest BCUT2D eigenvalue weighted by Crippen LogP contribution is -2.42. The van der Waals surface area contributed by atoms with Gasteiger partial charge in [-0.3, -0.25) is 9.36 Å². The molecular weight excluding hydrogens is 254 g/mol. The molecule has 114 valence electrons. The average molecular weight is 281 g/mol. The smallest absolute Gasteiger partial charge is 0.312 e. The lowest BCUT2D eigenvalue weighted by molar-refractivity contribution is 0.433. The van der Waals surface area contributed by atoms with Crippen LogP contribution in [0.15, 0.2) is 21.9 Å². The summed E-state index contributed by atoms with van der Waals surface area (Å²) in [5.41, 5.74) is -0.451. The van der Waals surface area contributed by atoms with Gasteiger partial charge >= 0.3 is 5.69 Å². The first-order valence-corrected chi connectivity index (χ1v) is 7.49.